The minimum Gasteiger partial charge on any atom is -0.496 e. The zero-order chi connectivity index (χ0) is 31.2. The largest absolute Gasteiger partial charge is 0.586 e. The second-order valence-electron chi connectivity index (χ2n) is 11.4. The van der Waals surface area contributed by atoms with Crippen LogP contribution in [0.4, 0.5) is 19.6 Å². The summed E-state index contributed by atoms with van der Waals surface area (Å²) in [5, 5.41) is 13.1. The molecule has 2 unspecified atom stereocenters. The van der Waals surface area contributed by atoms with Gasteiger partial charge < -0.3 is 34.5 Å². The first-order valence-electron chi connectivity index (χ1n) is 14.3. The van der Waals surface area contributed by atoms with E-state index in [1.165, 1.54) is 30.6 Å². The fourth-order valence-electron chi connectivity index (χ4n) is 6.25. The number of aromatic nitrogens is 1. The number of anilines is 2. The minimum absolute atomic E-state index is 0.00781. The van der Waals surface area contributed by atoms with Gasteiger partial charge in [0.15, 0.2) is 16.6 Å². The number of nitrogens with one attached hydrogen (secondary N) is 2. The number of thiazole rings is 1. The van der Waals surface area contributed by atoms with E-state index in [1.54, 1.807) is 12.1 Å². The Morgan fingerprint density at radius 2 is 1.77 bits per heavy atom. The van der Waals surface area contributed by atoms with Gasteiger partial charge in [-0.15, -0.1) is 8.78 Å². The van der Waals surface area contributed by atoms with Crippen LogP contribution in [0.15, 0.2) is 24.3 Å². The number of fused-ring (bicyclic) bond motifs is 4. The predicted octanol–water partition coefficient (Wildman–Crippen LogP) is 5.30. The van der Waals surface area contributed by atoms with E-state index in [2.05, 4.69) is 38.5 Å². The monoisotopic (exact) mass is 627 g/mol. The molecule has 4 aliphatic rings. The van der Waals surface area contributed by atoms with E-state index in [-0.39, 0.29) is 46.4 Å². The van der Waals surface area contributed by atoms with Crippen molar-refractivity contribution in [1.29, 1.82) is 5.26 Å². The number of carbonyl (C=O) groups excluding carboxylic acids is 2. The van der Waals surface area contributed by atoms with Crippen LogP contribution in [0.3, 0.4) is 0 Å². The van der Waals surface area contributed by atoms with Crippen molar-refractivity contribution in [1.82, 2.24) is 10.3 Å². The van der Waals surface area contributed by atoms with Crippen molar-refractivity contribution in [3.05, 3.63) is 35.4 Å². The molecule has 44 heavy (non-hydrogen) atoms. The molecule has 1 aromatic heterocycles. The Labute approximate surface area is 256 Å². The van der Waals surface area contributed by atoms with E-state index in [9.17, 15) is 18.4 Å². The number of carbonyl (C=O) groups is 2. The average molecular weight is 628 g/mol. The summed E-state index contributed by atoms with van der Waals surface area (Å²) < 4.78 is 48.9. The van der Waals surface area contributed by atoms with Crippen molar-refractivity contribution in [2.24, 2.45) is 5.92 Å². The molecule has 0 radical (unpaired) electrons. The van der Waals surface area contributed by atoms with Crippen LogP contribution < -0.4 is 29.7 Å². The third kappa shape index (κ3) is 5.46. The van der Waals surface area contributed by atoms with Gasteiger partial charge in [-0.2, -0.15) is 0 Å². The Balaban J connectivity index is 0.00000168. The predicted molar refractivity (Wildman–Crippen MR) is 158 cm³/mol. The van der Waals surface area contributed by atoms with E-state index < -0.39 is 18.1 Å². The highest BCUT2D eigenvalue weighted by atomic mass is 32.1. The Morgan fingerprint density at radius 3 is 2.43 bits per heavy atom. The summed E-state index contributed by atoms with van der Waals surface area (Å²) in [4.78, 5) is 34.4. The first-order chi connectivity index (χ1) is 21.2. The third-order valence-corrected chi connectivity index (χ3v) is 9.61. The molecular formula is C30H31F2N5O6S. The van der Waals surface area contributed by atoms with E-state index in [1.807, 2.05) is 0 Å². The summed E-state index contributed by atoms with van der Waals surface area (Å²) in [6.45, 7) is 6.95. The number of hydrogen-bond donors (Lipinski definition) is 2. The van der Waals surface area contributed by atoms with E-state index in [0.29, 0.717) is 35.1 Å². The van der Waals surface area contributed by atoms with Gasteiger partial charge in [0, 0.05) is 18.7 Å². The van der Waals surface area contributed by atoms with Crippen LogP contribution in [-0.4, -0.2) is 61.5 Å². The highest BCUT2D eigenvalue weighted by molar-refractivity contribution is 7.22. The standard InChI is InChI=1S/C29H30F2N4O6S.CHN/c1-14-3-5-15(6-4-14)32-26(36)18-10-22-23(41-29(30,31)40-22)11-20(18)33-27(37)24-21(38-2)8-7-19-25(24)42-28(34-19)35-16-9-17(35)13-39-12-16;1-2/h7-8,10-11,14-17H,3-6,9,12-13H2,1-2H3,(H,32,36)(H,33,37);1H. The number of ether oxygens (including phenoxy) is 4. The molecule has 2 N–H and O–H groups in total. The lowest BCUT2D eigenvalue weighted by Crippen LogP contribution is -2.64. The van der Waals surface area contributed by atoms with Gasteiger partial charge in [-0.3, -0.25) is 9.59 Å². The van der Waals surface area contributed by atoms with Gasteiger partial charge in [0.25, 0.3) is 11.8 Å². The summed E-state index contributed by atoms with van der Waals surface area (Å²) in [6, 6.07) is 6.28. The molecule has 11 nitrogen and oxygen atoms in total. The molecule has 2 bridgehead atoms. The zero-order valence-corrected chi connectivity index (χ0v) is 24.9. The molecule has 2 saturated heterocycles. The van der Waals surface area contributed by atoms with Gasteiger partial charge in [0.05, 0.1) is 53.9 Å². The van der Waals surface area contributed by atoms with Gasteiger partial charge in [-0.05, 0) is 56.2 Å². The van der Waals surface area contributed by atoms with E-state index >= 15 is 0 Å². The Morgan fingerprint density at radius 1 is 1.09 bits per heavy atom. The van der Waals surface area contributed by atoms with E-state index in [4.69, 9.17) is 19.7 Å². The number of morpholine rings is 1. The molecule has 7 rings (SSSR count). The Bertz CT molecular complexity index is 1610. The number of methoxy groups -OCH3 is 1. The molecule has 3 fully saturated rings. The Hall–Kier alpha value is -4.22. The molecule has 3 aliphatic heterocycles. The van der Waals surface area contributed by atoms with Crippen molar-refractivity contribution in [3.8, 4) is 23.8 Å². The first-order valence-corrected chi connectivity index (χ1v) is 15.2. The van der Waals surface area contributed by atoms with Crippen LogP contribution in [0, 0.1) is 17.8 Å². The smallest absolute Gasteiger partial charge is 0.496 e. The van der Waals surface area contributed by atoms with Gasteiger partial charge in [0.2, 0.25) is 0 Å². The van der Waals surface area contributed by atoms with Gasteiger partial charge in [-0.25, -0.2) is 10.2 Å². The highest BCUT2D eigenvalue weighted by Gasteiger charge is 2.45. The lowest BCUT2D eigenvalue weighted by Gasteiger charge is -2.52. The zero-order valence-electron chi connectivity index (χ0n) is 24.1. The average Bonchev–Trinajstić information content (AvgIpc) is 3.56. The molecule has 2 aromatic carbocycles. The van der Waals surface area contributed by atoms with Crippen molar-refractivity contribution in [2.45, 2.75) is 63.4 Å². The molecule has 2 amide bonds. The fourth-order valence-corrected chi connectivity index (χ4v) is 7.49. The van der Waals surface area contributed by atoms with Crippen LogP contribution in [0.2, 0.25) is 0 Å². The highest BCUT2D eigenvalue weighted by Crippen LogP contribution is 2.45. The number of amides is 2. The van der Waals surface area contributed by atoms with Gasteiger partial charge in [0.1, 0.15) is 11.3 Å². The lowest BCUT2D eigenvalue weighted by molar-refractivity contribution is -0.286. The number of alkyl halides is 2. The summed E-state index contributed by atoms with van der Waals surface area (Å²) in [7, 11) is 1.46. The molecule has 2 atom stereocenters. The number of hydrogen-bond acceptors (Lipinski definition) is 10. The van der Waals surface area contributed by atoms with Crippen LogP contribution in [0.25, 0.3) is 10.2 Å². The number of rotatable bonds is 6. The second kappa shape index (κ2) is 11.7. The number of nitriles is 1. The van der Waals surface area contributed by atoms with Gasteiger partial charge in [-0.1, -0.05) is 18.3 Å². The quantitative estimate of drug-likeness (QED) is 0.373. The molecule has 14 heteroatoms. The number of halogens is 2. The Kier molecular flexibility index (Phi) is 7.93. The summed E-state index contributed by atoms with van der Waals surface area (Å²) in [6.07, 6.45) is 0.750. The molecule has 232 valence electrons. The van der Waals surface area contributed by atoms with Crippen molar-refractivity contribution in [3.63, 3.8) is 0 Å². The van der Waals surface area contributed by atoms with Crippen molar-refractivity contribution >= 4 is 44.2 Å². The molecular weight excluding hydrogens is 596 g/mol. The molecule has 0 spiro atoms. The summed E-state index contributed by atoms with van der Waals surface area (Å²) >= 11 is 1.38. The second-order valence-corrected chi connectivity index (χ2v) is 12.3. The third-order valence-electron chi connectivity index (χ3n) is 8.51. The molecule has 4 heterocycles. The maximum atomic E-state index is 13.9. The normalized spacial score (nSPS) is 24.5. The maximum absolute atomic E-state index is 13.9. The fraction of sp³-hybridized carbons (Fsp3) is 0.467. The van der Waals surface area contributed by atoms with Crippen molar-refractivity contribution < 1.29 is 37.3 Å². The van der Waals surface area contributed by atoms with Gasteiger partial charge >= 0.3 is 6.29 Å². The SMILES string of the molecule is C#N.COc1ccc2nc(N3C4COCC3C4)sc2c1C(=O)Nc1cc2c(cc1C(=O)NC1CCC(C)CC1)OC(F)(F)O2. The van der Waals surface area contributed by atoms with E-state index in [0.717, 1.165) is 37.2 Å². The molecule has 3 aromatic rings. The van der Waals surface area contributed by atoms with Crippen LogP contribution in [0.1, 0.15) is 59.7 Å². The number of benzene rings is 2. The van der Waals surface area contributed by atoms with Crippen molar-refractivity contribution in [2.75, 3.05) is 30.5 Å². The molecule has 1 aliphatic carbocycles. The number of nitrogens with zero attached hydrogens (tertiary/aromatic N) is 3. The summed E-state index contributed by atoms with van der Waals surface area (Å²) in [5.74, 6) is -0.739. The lowest BCUT2D eigenvalue weighted by atomic mass is 9.87. The van der Waals surface area contributed by atoms with Crippen LogP contribution in [0.5, 0.6) is 17.2 Å². The maximum Gasteiger partial charge on any atom is 0.586 e. The first kappa shape index (κ1) is 29.8. The van der Waals surface area contributed by atoms with Crippen LogP contribution >= 0.6 is 11.3 Å². The summed E-state index contributed by atoms with van der Waals surface area (Å²) in [5.41, 5.74) is 0.865. The van der Waals surface area contributed by atoms with Crippen LogP contribution in [-0.2, 0) is 4.74 Å². The minimum atomic E-state index is -3.88. The topological polar surface area (TPSA) is 135 Å². The molecule has 1 saturated carbocycles.